The summed E-state index contributed by atoms with van der Waals surface area (Å²) in [4.78, 5) is 4.29. The zero-order valence-corrected chi connectivity index (χ0v) is 8.18. The first kappa shape index (κ1) is 8.53. The van der Waals surface area contributed by atoms with Gasteiger partial charge in [0.05, 0.1) is 18.5 Å². The Hall–Kier alpha value is -0.570. The molecule has 0 unspecified atom stereocenters. The van der Waals surface area contributed by atoms with Crippen LogP contribution in [0.5, 0.6) is 5.75 Å². The summed E-state index contributed by atoms with van der Waals surface area (Å²) in [6.45, 7) is 1.94. The zero-order valence-electron chi connectivity index (χ0n) is 6.60. The highest BCUT2D eigenvalue weighted by atomic mass is 79.9. The molecular weight excluding hydrogens is 206 g/mol. The van der Waals surface area contributed by atoms with E-state index in [1.54, 1.807) is 7.11 Å². The molecule has 0 spiro atoms. The topological polar surface area (TPSA) is 22.1 Å². The highest BCUT2D eigenvalue weighted by Gasteiger charge is 1.99. The van der Waals surface area contributed by atoms with Gasteiger partial charge in [0.1, 0.15) is 5.75 Å². The fraction of sp³-hybridized carbons (Fsp3) is 0.375. The minimum atomic E-state index is 0.790. The monoisotopic (exact) mass is 215 g/mol. The van der Waals surface area contributed by atoms with Crippen molar-refractivity contribution in [3.05, 3.63) is 23.5 Å². The van der Waals surface area contributed by atoms with Crippen LogP contribution in [-0.2, 0) is 5.33 Å². The van der Waals surface area contributed by atoms with Crippen LogP contribution >= 0.6 is 15.9 Å². The van der Waals surface area contributed by atoms with Crippen molar-refractivity contribution >= 4 is 15.9 Å². The Morgan fingerprint density at radius 1 is 1.55 bits per heavy atom. The molecule has 0 aliphatic carbocycles. The van der Waals surface area contributed by atoms with E-state index in [4.69, 9.17) is 4.74 Å². The first-order chi connectivity index (χ1) is 5.27. The highest BCUT2D eigenvalue weighted by Crippen LogP contribution is 2.15. The number of aryl methyl sites for hydroxylation is 1. The Bertz CT molecular complexity index is 250. The normalized spacial score (nSPS) is 9.73. The van der Waals surface area contributed by atoms with Gasteiger partial charge in [-0.05, 0) is 19.1 Å². The molecule has 0 saturated carbocycles. The summed E-state index contributed by atoms with van der Waals surface area (Å²) in [7, 11) is 1.65. The van der Waals surface area contributed by atoms with E-state index in [0.29, 0.717) is 0 Å². The first-order valence-corrected chi connectivity index (χ1v) is 4.46. The van der Waals surface area contributed by atoms with Gasteiger partial charge >= 0.3 is 0 Å². The summed E-state index contributed by atoms with van der Waals surface area (Å²) in [5, 5.41) is 0.790. The van der Waals surface area contributed by atoms with Crippen LogP contribution in [0.25, 0.3) is 0 Å². The maximum Gasteiger partial charge on any atom is 0.140 e. The lowest BCUT2D eigenvalue weighted by Gasteiger charge is -2.03. The molecule has 1 aromatic heterocycles. The van der Waals surface area contributed by atoms with Gasteiger partial charge < -0.3 is 4.74 Å². The Labute approximate surface area is 74.7 Å². The molecule has 0 aromatic carbocycles. The standard InChI is InChI=1S/C8H10BrNO/c1-6-8(11-2)4-3-7(5-9)10-6/h3-4H,5H2,1-2H3. The van der Waals surface area contributed by atoms with Crippen molar-refractivity contribution in [2.75, 3.05) is 7.11 Å². The maximum absolute atomic E-state index is 5.07. The molecular formula is C8H10BrNO. The molecule has 11 heavy (non-hydrogen) atoms. The van der Waals surface area contributed by atoms with Crippen LogP contribution in [-0.4, -0.2) is 12.1 Å². The van der Waals surface area contributed by atoms with E-state index in [1.165, 1.54) is 0 Å². The quantitative estimate of drug-likeness (QED) is 0.707. The fourth-order valence-corrected chi connectivity index (χ4v) is 1.20. The van der Waals surface area contributed by atoms with E-state index in [-0.39, 0.29) is 0 Å². The van der Waals surface area contributed by atoms with Gasteiger partial charge in [-0.15, -0.1) is 0 Å². The summed E-state index contributed by atoms with van der Waals surface area (Å²) in [6.07, 6.45) is 0. The smallest absolute Gasteiger partial charge is 0.140 e. The molecule has 0 aliphatic heterocycles. The number of halogens is 1. The number of alkyl halides is 1. The minimum Gasteiger partial charge on any atom is -0.495 e. The number of ether oxygens (including phenoxy) is 1. The second kappa shape index (κ2) is 3.72. The lowest BCUT2D eigenvalue weighted by molar-refractivity contribution is 0.409. The lowest BCUT2D eigenvalue weighted by Crippen LogP contribution is -1.92. The molecule has 0 amide bonds. The zero-order chi connectivity index (χ0) is 8.27. The van der Waals surface area contributed by atoms with E-state index in [0.717, 1.165) is 22.5 Å². The van der Waals surface area contributed by atoms with Gasteiger partial charge in [-0.2, -0.15) is 0 Å². The molecule has 0 bridgehead atoms. The van der Waals surface area contributed by atoms with E-state index in [2.05, 4.69) is 20.9 Å². The number of nitrogens with zero attached hydrogens (tertiary/aromatic N) is 1. The maximum atomic E-state index is 5.07. The van der Waals surface area contributed by atoms with E-state index in [9.17, 15) is 0 Å². The van der Waals surface area contributed by atoms with Crippen LogP contribution in [0.4, 0.5) is 0 Å². The van der Waals surface area contributed by atoms with Gasteiger partial charge in [-0.25, -0.2) is 0 Å². The van der Waals surface area contributed by atoms with E-state index in [1.807, 2.05) is 19.1 Å². The summed E-state index contributed by atoms with van der Waals surface area (Å²) >= 11 is 3.33. The summed E-state index contributed by atoms with van der Waals surface area (Å²) < 4.78 is 5.07. The van der Waals surface area contributed by atoms with Crippen molar-refractivity contribution in [3.63, 3.8) is 0 Å². The van der Waals surface area contributed by atoms with E-state index >= 15 is 0 Å². The molecule has 0 saturated heterocycles. The molecule has 1 aromatic rings. The lowest BCUT2D eigenvalue weighted by atomic mass is 10.3. The van der Waals surface area contributed by atoms with Crippen LogP contribution in [0.2, 0.25) is 0 Å². The predicted molar refractivity (Wildman–Crippen MR) is 48.2 cm³/mol. The molecule has 60 valence electrons. The van der Waals surface area contributed by atoms with Crippen LogP contribution in [0, 0.1) is 6.92 Å². The largest absolute Gasteiger partial charge is 0.495 e. The summed E-state index contributed by atoms with van der Waals surface area (Å²) in [5.74, 6) is 0.842. The molecule has 0 atom stereocenters. The molecule has 1 rings (SSSR count). The molecule has 2 nitrogen and oxygen atoms in total. The first-order valence-electron chi connectivity index (χ1n) is 3.34. The second-order valence-electron chi connectivity index (χ2n) is 2.22. The molecule has 0 fully saturated rings. The average molecular weight is 216 g/mol. The average Bonchev–Trinajstić information content (AvgIpc) is 2.04. The van der Waals surface area contributed by atoms with Crippen molar-refractivity contribution in [3.8, 4) is 5.75 Å². The Morgan fingerprint density at radius 3 is 2.73 bits per heavy atom. The summed E-state index contributed by atoms with van der Waals surface area (Å²) in [5.41, 5.74) is 1.97. The third-order valence-corrected chi connectivity index (χ3v) is 2.03. The van der Waals surface area contributed by atoms with Crippen molar-refractivity contribution in [1.29, 1.82) is 0 Å². The molecule has 0 radical (unpaired) electrons. The Morgan fingerprint density at radius 2 is 2.27 bits per heavy atom. The Balaban J connectivity index is 2.99. The molecule has 0 N–H and O–H groups in total. The third-order valence-electron chi connectivity index (χ3n) is 1.45. The van der Waals surface area contributed by atoms with Crippen molar-refractivity contribution in [2.24, 2.45) is 0 Å². The van der Waals surface area contributed by atoms with Crippen molar-refractivity contribution in [2.45, 2.75) is 12.3 Å². The molecule has 3 heteroatoms. The van der Waals surface area contributed by atoms with Crippen molar-refractivity contribution in [1.82, 2.24) is 4.98 Å². The Kier molecular flexibility index (Phi) is 2.88. The highest BCUT2D eigenvalue weighted by molar-refractivity contribution is 9.08. The molecule has 0 aliphatic rings. The third kappa shape index (κ3) is 1.93. The minimum absolute atomic E-state index is 0.790. The van der Waals surface area contributed by atoms with Gasteiger partial charge in [0, 0.05) is 5.33 Å². The van der Waals surface area contributed by atoms with Crippen molar-refractivity contribution < 1.29 is 4.74 Å². The van der Waals surface area contributed by atoms with Gasteiger partial charge in [0.25, 0.3) is 0 Å². The number of aromatic nitrogens is 1. The van der Waals surface area contributed by atoms with Crippen LogP contribution in [0.1, 0.15) is 11.4 Å². The number of methoxy groups -OCH3 is 1. The number of rotatable bonds is 2. The SMILES string of the molecule is COc1ccc(CBr)nc1C. The van der Waals surface area contributed by atoms with Gasteiger partial charge in [-0.3, -0.25) is 4.98 Å². The number of hydrogen-bond acceptors (Lipinski definition) is 2. The second-order valence-corrected chi connectivity index (χ2v) is 2.78. The fourth-order valence-electron chi connectivity index (χ4n) is 0.890. The van der Waals surface area contributed by atoms with Crippen LogP contribution in [0.15, 0.2) is 12.1 Å². The number of hydrogen-bond donors (Lipinski definition) is 0. The van der Waals surface area contributed by atoms with E-state index < -0.39 is 0 Å². The molecule has 1 heterocycles. The van der Waals surface area contributed by atoms with Gasteiger partial charge in [0.2, 0.25) is 0 Å². The van der Waals surface area contributed by atoms with Crippen LogP contribution < -0.4 is 4.74 Å². The van der Waals surface area contributed by atoms with Crippen LogP contribution in [0.3, 0.4) is 0 Å². The predicted octanol–water partition coefficient (Wildman–Crippen LogP) is 2.29. The number of pyridine rings is 1. The van der Waals surface area contributed by atoms with Gasteiger partial charge in [-0.1, -0.05) is 15.9 Å². The summed E-state index contributed by atoms with van der Waals surface area (Å²) in [6, 6.07) is 3.87. The van der Waals surface area contributed by atoms with Gasteiger partial charge in [0.15, 0.2) is 0 Å².